The Morgan fingerprint density at radius 2 is 2.04 bits per heavy atom. The van der Waals surface area contributed by atoms with E-state index in [9.17, 15) is 4.79 Å². The first-order valence-corrected chi connectivity index (χ1v) is 8.05. The van der Waals surface area contributed by atoms with Crippen LogP contribution < -0.4 is 4.74 Å². The van der Waals surface area contributed by atoms with E-state index in [1.807, 2.05) is 24.4 Å². The van der Waals surface area contributed by atoms with Gasteiger partial charge in [-0.15, -0.1) is 21.5 Å². The summed E-state index contributed by atoms with van der Waals surface area (Å²) in [7, 11) is 1.60. The fraction of sp³-hybridized carbons (Fsp3) is 0.250. The molecule has 0 spiro atoms. The van der Waals surface area contributed by atoms with Crippen LogP contribution in [0.4, 0.5) is 0 Å². The van der Waals surface area contributed by atoms with Gasteiger partial charge in [0.15, 0.2) is 6.61 Å². The van der Waals surface area contributed by atoms with Crippen LogP contribution in [0.1, 0.15) is 16.6 Å². The van der Waals surface area contributed by atoms with Gasteiger partial charge in [0.2, 0.25) is 5.89 Å². The predicted octanol–water partition coefficient (Wildman–Crippen LogP) is 2.80. The lowest BCUT2D eigenvalue weighted by molar-refractivity contribution is -0.144. The maximum Gasteiger partial charge on any atom is 0.312 e. The summed E-state index contributed by atoms with van der Waals surface area (Å²) in [5.74, 6) is 0.955. The number of nitrogens with zero attached hydrogens (tertiary/aromatic N) is 3. The predicted molar refractivity (Wildman–Crippen MR) is 86.6 cm³/mol. The summed E-state index contributed by atoms with van der Waals surface area (Å²) in [6.07, 6.45) is 0.129. The molecule has 3 rings (SSSR count). The van der Waals surface area contributed by atoms with Gasteiger partial charge >= 0.3 is 5.97 Å². The van der Waals surface area contributed by atoms with E-state index in [-0.39, 0.29) is 24.9 Å². The zero-order valence-electron chi connectivity index (χ0n) is 13.2. The van der Waals surface area contributed by atoms with E-state index in [4.69, 9.17) is 13.9 Å². The minimum Gasteiger partial charge on any atom is -0.497 e. The van der Waals surface area contributed by atoms with Crippen LogP contribution in [0.25, 0.3) is 11.5 Å². The van der Waals surface area contributed by atoms with E-state index in [0.717, 1.165) is 16.3 Å². The molecule has 0 radical (unpaired) electrons. The molecule has 0 aliphatic rings. The third-order valence-corrected chi connectivity index (χ3v) is 3.97. The Bertz CT molecular complexity index is 826. The van der Waals surface area contributed by atoms with Crippen LogP contribution in [0, 0.1) is 6.92 Å². The second kappa shape index (κ2) is 7.22. The number of benzene rings is 1. The number of aromatic nitrogens is 3. The van der Waals surface area contributed by atoms with Gasteiger partial charge in [-0.2, -0.15) is 0 Å². The molecule has 3 aromatic rings. The summed E-state index contributed by atoms with van der Waals surface area (Å²) in [4.78, 5) is 16.0. The van der Waals surface area contributed by atoms with Crippen molar-refractivity contribution in [2.75, 3.05) is 7.11 Å². The number of hydrogen-bond donors (Lipinski definition) is 0. The van der Waals surface area contributed by atoms with Gasteiger partial charge in [-0.05, 0) is 31.2 Å². The SMILES string of the molecule is COc1ccc(-c2nnc(COC(=O)Cc3csc(C)n3)o2)cc1. The number of carbonyl (C=O) groups is 1. The van der Waals surface area contributed by atoms with E-state index in [1.54, 1.807) is 19.2 Å². The normalized spacial score (nSPS) is 10.6. The number of methoxy groups -OCH3 is 1. The maximum absolute atomic E-state index is 11.8. The minimum absolute atomic E-state index is 0.0644. The zero-order chi connectivity index (χ0) is 16.9. The topological polar surface area (TPSA) is 87.3 Å². The molecule has 0 fully saturated rings. The first-order valence-electron chi connectivity index (χ1n) is 7.17. The molecule has 2 heterocycles. The van der Waals surface area contributed by atoms with E-state index in [1.165, 1.54) is 11.3 Å². The zero-order valence-corrected chi connectivity index (χ0v) is 14.0. The highest BCUT2D eigenvalue weighted by molar-refractivity contribution is 7.09. The molecule has 2 aromatic heterocycles. The smallest absolute Gasteiger partial charge is 0.312 e. The van der Waals surface area contributed by atoms with Crippen molar-refractivity contribution in [3.05, 3.63) is 46.2 Å². The second-order valence-corrected chi connectivity index (χ2v) is 5.99. The third kappa shape index (κ3) is 3.96. The van der Waals surface area contributed by atoms with E-state index in [0.29, 0.717) is 11.6 Å². The summed E-state index contributed by atoms with van der Waals surface area (Å²) in [6, 6.07) is 7.23. The number of esters is 1. The molecular weight excluding hydrogens is 330 g/mol. The van der Waals surface area contributed by atoms with Crippen LogP contribution >= 0.6 is 11.3 Å². The Kier molecular flexibility index (Phi) is 4.85. The summed E-state index contributed by atoms with van der Waals surface area (Å²) < 4.78 is 15.7. The Morgan fingerprint density at radius 3 is 2.71 bits per heavy atom. The molecule has 0 amide bonds. The fourth-order valence-electron chi connectivity index (χ4n) is 1.99. The standard InChI is InChI=1S/C16H15N3O4S/c1-10-17-12(9-24-10)7-15(20)22-8-14-18-19-16(23-14)11-3-5-13(21-2)6-4-11/h3-6,9H,7-8H2,1-2H3. The van der Waals surface area contributed by atoms with Crippen molar-refractivity contribution in [3.8, 4) is 17.2 Å². The van der Waals surface area contributed by atoms with Crippen LogP contribution in [0.5, 0.6) is 5.75 Å². The molecular formula is C16H15N3O4S. The lowest BCUT2D eigenvalue weighted by atomic mass is 10.2. The second-order valence-electron chi connectivity index (χ2n) is 4.92. The van der Waals surface area contributed by atoms with Crippen LogP contribution in [-0.2, 0) is 22.6 Å². The van der Waals surface area contributed by atoms with Crippen LogP contribution in [0.3, 0.4) is 0 Å². The molecule has 0 aliphatic carbocycles. The van der Waals surface area contributed by atoms with Crippen molar-refractivity contribution in [1.29, 1.82) is 0 Å². The molecule has 0 unspecified atom stereocenters. The molecule has 0 saturated heterocycles. The van der Waals surface area contributed by atoms with Crippen LogP contribution in [0.15, 0.2) is 34.1 Å². The molecule has 24 heavy (non-hydrogen) atoms. The van der Waals surface area contributed by atoms with Crippen LogP contribution in [0.2, 0.25) is 0 Å². The molecule has 124 valence electrons. The Labute approximate surface area is 142 Å². The average Bonchev–Trinajstić information content (AvgIpc) is 3.22. The summed E-state index contributed by atoms with van der Waals surface area (Å²) in [5.41, 5.74) is 1.46. The van der Waals surface area contributed by atoms with Crippen molar-refractivity contribution in [2.24, 2.45) is 0 Å². The lowest BCUT2D eigenvalue weighted by Gasteiger charge is -2.00. The molecule has 0 bridgehead atoms. The molecule has 0 saturated carbocycles. The Hall–Kier alpha value is -2.74. The molecule has 7 nitrogen and oxygen atoms in total. The van der Waals surface area contributed by atoms with Crippen molar-refractivity contribution in [2.45, 2.75) is 20.0 Å². The van der Waals surface area contributed by atoms with Gasteiger partial charge in [0, 0.05) is 10.9 Å². The summed E-state index contributed by atoms with van der Waals surface area (Å²) in [6.45, 7) is 1.82. The molecule has 8 heteroatoms. The number of carbonyl (C=O) groups excluding carboxylic acids is 1. The van der Waals surface area contributed by atoms with Crippen molar-refractivity contribution < 1.29 is 18.7 Å². The fourth-order valence-corrected chi connectivity index (χ4v) is 2.61. The number of ether oxygens (including phenoxy) is 2. The van der Waals surface area contributed by atoms with Gasteiger partial charge < -0.3 is 13.9 Å². The van der Waals surface area contributed by atoms with Gasteiger partial charge in [0.1, 0.15) is 5.75 Å². The summed E-state index contributed by atoms with van der Waals surface area (Å²) >= 11 is 1.50. The van der Waals surface area contributed by atoms with E-state index in [2.05, 4.69) is 15.2 Å². The third-order valence-electron chi connectivity index (χ3n) is 3.15. The quantitative estimate of drug-likeness (QED) is 0.635. The number of rotatable bonds is 6. The van der Waals surface area contributed by atoms with Gasteiger partial charge in [-0.3, -0.25) is 4.79 Å². The van der Waals surface area contributed by atoms with Crippen molar-refractivity contribution >= 4 is 17.3 Å². The van der Waals surface area contributed by atoms with Gasteiger partial charge in [0.25, 0.3) is 5.89 Å². The lowest BCUT2D eigenvalue weighted by Crippen LogP contribution is -2.08. The van der Waals surface area contributed by atoms with Crippen LogP contribution in [-0.4, -0.2) is 28.3 Å². The monoisotopic (exact) mass is 345 g/mol. The van der Waals surface area contributed by atoms with E-state index >= 15 is 0 Å². The molecule has 0 N–H and O–H groups in total. The maximum atomic E-state index is 11.8. The molecule has 1 aromatic carbocycles. The first kappa shape index (κ1) is 16.1. The Balaban J connectivity index is 1.56. The summed E-state index contributed by atoms with van der Waals surface area (Å²) in [5, 5.41) is 10.6. The number of aryl methyl sites for hydroxylation is 1. The highest BCUT2D eigenvalue weighted by Gasteiger charge is 2.12. The first-order chi connectivity index (χ1) is 11.6. The average molecular weight is 345 g/mol. The van der Waals surface area contributed by atoms with Gasteiger partial charge in [-0.25, -0.2) is 4.98 Å². The molecule has 0 atom stereocenters. The largest absolute Gasteiger partial charge is 0.497 e. The highest BCUT2D eigenvalue weighted by Crippen LogP contribution is 2.21. The Morgan fingerprint density at radius 1 is 1.25 bits per heavy atom. The van der Waals surface area contributed by atoms with Gasteiger partial charge in [0.05, 0.1) is 24.2 Å². The van der Waals surface area contributed by atoms with E-state index < -0.39 is 0 Å². The van der Waals surface area contributed by atoms with Gasteiger partial charge in [-0.1, -0.05) is 0 Å². The highest BCUT2D eigenvalue weighted by atomic mass is 32.1. The number of thiazole rings is 1. The molecule has 0 aliphatic heterocycles. The number of hydrogen-bond acceptors (Lipinski definition) is 8. The van der Waals surface area contributed by atoms with Crippen molar-refractivity contribution in [1.82, 2.24) is 15.2 Å². The minimum atomic E-state index is -0.385. The van der Waals surface area contributed by atoms with Crippen molar-refractivity contribution in [3.63, 3.8) is 0 Å².